The quantitative estimate of drug-likeness (QED) is 0.808. The highest BCUT2D eigenvalue weighted by Crippen LogP contribution is 2.34. The van der Waals surface area contributed by atoms with Crippen LogP contribution >= 0.6 is 11.8 Å². The van der Waals surface area contributed by atoms with E-state index in [2.05, 4.69) is 25.7 Å². The van der Waals surface area contributed by atoms with Crippen LogP contribution in [0.25, 0.3) is 0 Å². The minimum absolute atomic E-state index is 0.351. The molecule has 0 aromatic heterocycles. The Balaban J connectivity index is 2.93. The molecule has 1 aliphatic rings. The highest BCUT2D eigenvalue weighted by Gasteiger charge is 2.45. The van der Waals surface area contributed by atoms with Crippen LogP contribution in [-0.4, -0.2) is 45.6 Å². The Bertz CT molecular complexity index is 239. The van der Waals surface area contributed by atoms with Crippen molar-refractivity contribution in [3.8, 4) is 0 Å². The first-order chi connectivity index (χ1) is 7.58. The molecular weight excluding hydrogens is 222 g/mol. The van der Waals surface area contributed by atoms with Crippen molar-refractivity contribution in [1.82, 2.24) is 4.90 Å². The van der Waals surface area contributed by atoms with Crippen LogP contribution in [0, 0.1) is 0 Å². The number of hydrogen-bond acceptors (Lipinski definition) is 3. The first-order valence-electron chi connectivity index (χ1n) is 6.16. The van der Waals surface area contributed by atoms with Crippen LogP contribution in [0.1, 0.15) is 40.0 Å². The highest BCUT2D eigenvalue weighted by atomic mass is 32.2. The lowest BCUT2D eigenvalue weighted by molar-refractivity contribution is -0.154. The maximum atomic E-state index is 11.6. The molecule has 0 spiro atoms. The fraction of sp³-hybridized carbons (Fsp3) is 0.917. The lowest BCUT2D eigenvalue weighted by atomic mass is 9.88. The number of carboxylic acids is 1. The Hall–Kier alpha value is -0.220. The van der Waals surface area contributed by atoms with Crippen molar-refractivity contribution in [3.05, 3.63) is 0 Å². The fourth-order valence-electron chi connectivity index (χ4n) is 2.59. The molecule has 1 heterocycles. The molecule has 1 N–H and O–H groups in total. The van der Waals surface area contributed by atoms with Gasteiger partial charge in [-0.05, 0) is 44.2 Å². The minimum atomic E-state index is -0.630. The summed E-state index contributed by atoms with van der Waals surface area (Å²) in [4.78, 5) is 13.8. The molecule has 0 aromatic carbocycles. The van der Waals surface area contributed by atoms with Crippen LogP contribution in [0.3, 0.4) is 0 Å². The molecule has 0 amide bonds. The van der Waals surface area contributed by atoms with Gasteiger partial charge in [0.15, 0.2) is 0 Å². The van der Waals surface area contributed by atoms with E-state index in [0.29, 0.717) is 6.04 Å². The van der Waals surface area contributed by atoms with E-state index in [4.69, 9.17) is 0 Å². The number of hydrogen-bond donors (Lipinski definition) is 1. The zero-order valence-corrected chi connectivity index (χ0v) is 11.3. The number of thioether (sulfide) groups is 1. The van der Waals surface area contributed by atoms with Gasteiger partial charge in [0.1, 0.15) is 5.54 Å². The smallest absolute Gasteiger partial charge is 0.324 e. The summed E-state index contributed by atoms with van der Waals surface area (Å²) in [5, 5.41) is 9.58. The predicted octanol–water partition coefficient (Wildman–Crippen LogP) is 2.46. The Morgan fingerprint density at radius 2 is 2.00 bits per heavy atom. The third-order valence-electron chi connectivity index (χ3n) is 3.73. The summed E-state index contributed by atoms with van der Waals surface area (Å²) in [6.07, 6.45) is 2.58. The second-order valence-corrected chi connectivity index (χ2v) is 5.72. The van der Waals surface area contributed by atoms with Crippen molar-refractivity contribution < 1.29 is 9.90 Å². The predicted molar refractivity (Wildman–Crippen MR) is 69.1 cm³/mol. The van der Waals surface area contributed by atoms with E-state index in [0.717, 1.165) is 37.3 Å². The Morgan fingerprint density at radius 1 is 1.44 bits per heavy atom. The lowest BCUT2D eigenvalue weighted by Gasteiger charge is -2.45. The van der Waals surface area contributed by atoms with Crippen molar-refractivity contribution in [3.63, 3.8) is 0 Å². The van der Waals surface area contributed by atoms with E-state index in [1.165, 1.54) is 0 Å². The molecule has 1 rings (SSSR count). The molecule has 3 nitrogen and oxygen atoms in total. The average Bonchev–Trinajstić information content (AvgIpc) is 2.30. The summed E-state index contributed by atoms with van der Waals surface area (Å²) in [5.74, 6) is 1.31. The van der Waals surface area contributed by atoms with Crippen molar-refractivity contribution in [2.75, 3.05) is 18.1 Å². The highest BCUT2D eigenvalue weighted by molar-refractivity contribution is 7.99. The van der Waals surface area contributed by atoms with E-state index >= 15 is 0 Å². The summed E-state index contributed by atoms with van der Waals surface area (Å²) in [6.45, 7) is 7.15. The van der Waals surface area contributed by atoms with Crippen molar-refractivity contribution in [2.45, 2.75) is 51.6 Å². The number of carbonyl (C=O) groups is 1. The first kappa shape index (κ1) is 13.8. The normalized spacial score (nSPS) is 22.0. The van der Waals surface area contributed by atoms with E-state index in [9.17, 15) is 9.90 Å². The van der Waals surface area contributed by atoms with E-state index in [1.54, 1.807) is 0 Å². The van der Waals surface area contributed by atoms with Crippen molar-refractivity contribution in [1.29, 1.82) is 0 Å². The lowest BCUT2D eigenvalue weighted by Crippen LogP contribution is -2.59. The van der Waals surface area contributed by atoms with Gasteiger partial charge < -0.3 is 5.11 Å². The maximum Gasteiger partial charge on any atom is 0.324 e. The topological polar surface area (TPSA) is 40.5 Å². The first-order valence-corrected chi connectivity index (χ1v) is 7.31. The third kappa shape index (κ3) is 2.54. The number of nitrogens with zero attached hydrogens (tertiary/aromatic N) is 1. The molecule has 16 heavy (non-hydrogen) atoms. The van der Waals surface area contributed by atoms with E-state index in [-0.39, 0.29) is 0 Å². The monoisotopic (exact) mass is 245 g/mol. The number of rotatable bonds is 5. The maximum absolute atomic E-state index is 11.6. The molecule has 0 aromatic rings. The van der Waals surface area contributed by atoms with Gasteiger partial charge in [-0.15, -0.1) is 0 Å². The second-order valence-electron chi connectivity index (χ2n) is 4.49. The summed E-state index contributed by atoms with van der Waals surface area (Å²) < 4.78 is 0. The number of carboxylic acid groups (broad SMARTS) is 1. The summed E-state index contributed by atoms with van der Waals surface area (Å²) in [7, 11) is 0. The average molecular weight is 245 g/mol. The van der Waals surface area contributed by atoms with Crippen LogP contribution in [0.5, 0.6) is 0 Å². The fourth-order valence-corrected chi connectivity index (χ4v) is 3.76. The summed E-state index contributed by atoms with van der Waals surface area (Å²) in [6, 6.07) is 0.351. The summed E-state index contributed by atoms with van der Waals surface area (Å²) in [5.41, 5.74) is -0.602. The van der Waals surface area contributed by atoms with Crippen molar-refractivity contribution in [2.24, 2.45) is 0 Å². The molecule has 1 atom stereocenters. The van der Waals surface area contributed by atoms with Crippen LogP contribution in [-0.2, 0) is 4.79 Å². The molecule has 94 valence electrons. The third-order valence-corrected chi connectivity index (χ3v) is 4.72. The number of aliphatic carboxylic acids is 1. The zero-order valence-electron chi connectivity index (χ0n) is 10.5. The SMILES string of the molecule is CCC(C)N(CC)C1(C(=O)O)CCSCC1. The van der Waals surface area contributed by atoms with E-state index in [1.807, 2.05) is 11.8 Å². The minimum Gasteiger partial charge on any atom is -0.480 e. The van der Waals surface area contributed by atoms with Gasteiger partial charge in [0.05, 0.1) is 0 Å². The van der Waals surface area contributed by atoms with Gasteiger partial charge in [0.25, 0.3) is 0 Å². The molecule has 0 radical (unpaired) electrons. The molecule has 0 aliphatic carbocycles. The molecule has 0 bridgehead atoms. The van der Waals surface area contributed by atoms with Gasteiger partial charge in [-0.3, -0.25) is 9.69 Å². The van der Waals surface area contributed by atoms with Gasteiger partial charge in [0, 0.05) is 6.04 Å². The Labute approximate surface area is 103 Å². The second kappa shape index (κ2) is 5.92. The van der Waals surface area contributed by atoms with Gasteiger partial charge in [-0.1, -0.05) is 13.8 Å². The van der Waals surface area contributed by atoms with Gasteiger partial charge in [-0.2, -0.15) is 11.8 Å². The van der Waals surface area contributed by atoms with Crippen LogP contribution in [0.4, 0.5) is 0 Å². The Kier molecular flexibility index (Phi) is 5.12. The van der Waals surface area contributed by atoms with Crippen LogP contribution in [0.15, 0.2) is 0 Å². The van der Waals surface area contributed by atoms with Crippen LogP contribution in [0.2, 0.25) is 0 Å². The molecule has 1 unspecified atom stereocenters. The molecule has 1 aliphatic heterocycles. The molecule has 0 saturated carbocycles. The van der Waals surface area contributed by atoms with E-state index < -0.39 is 11.5 Å². The standard InChI is InChI=1S/C12H23NO2S/c1-4-10(3)13(5-2)12(11(14)15)6-8-16-9-7-12/h10H,4-9H2,1-3H3,(H,14,15). The van der Waals surface area contributed by atoms with Gasteiger partial charge in [-0.25, -0.2) is 0 Å². The largest absolute Gasteiger partial charge is 0.480 e. The molecular formula is C12H23NO2S. The number of likely N-dealkylation sites (N-methyl/N-ethyl adjacent to an activating group) is 1. The molecule has 1 saturated heterocycles. The van der Waals surface area contributed by atoms with Gasteiger partial charge >= 0.3 is 5.97 Å². The molecule has 1 fully saturated rings. The Morgan fingerprint density at radius 3 is 2.38 bits per heavy atom. The van der Waals surface area contributed by atoms with Gasteiger partial charge in [0.2, 0.25) is 0 Å². The molecule has 4 heteroatoms. The summed E-state index contributed by atoms with van der Waals surface area (Å²) >= 11 is 1.87. The van der Waals surface area contributed by atoms with Crippen LogP contribution < -0.4 is 0 Å². The zero-order chi connectivity index (χ0) is 12.2. The van der Waals surface area contributed by atoms with Crippen molar-refractivity contribution >= 4 is 17.7 Å².